The lowest BCUT2D eigenvalue weighted by molar-refractivity contribution is -0.137. The molecule has 2 aliphatic heterocycles. The number of carbonyl (C=O) groups is 4. The van der Waals surface area contributed by atoms with Gasteiger partial charge in [0.15, 0.2) is 0 Å². The maximum atomic E-state index is 13.0. The van der Waals surface area contributed by atoms with Crippen molar-refractivity contribution in [1.82, 2.24) is 10.2 Å². The standard InChI is InChI=1S/C27H25ClN2O7/c1-15-21(26(33)35-2)22(18-10-6-7-11-19(18)28)23(27(34)36-3)20(29-15)14-37-13-12-30-24(31)16-8-4-5-9-17(16)25(30)32/h4-11,22,29H,12-14H2,1-3H3/t22-/m1/s1. The number of rotatable bonds is 8. The van der Waals surface area contributed by atoms with Gasteiger partial charge in [-0.2, -0.15) is 0 Å². The van der Waals surface area contributed by atoms with Gasteiger partial charge in [-0.05, 0) is 30.7 Å². The highest BCUT2D eigenvalue weighted by Gasteiger charge is 2.40. The zero-order valence-corrected chi connectivity index (χ0v) is 21.3. The second-order valence-electron chi connectivity index (χ2n) is 8.35. The summed E-state index contributed by atoms with van der Waals surface area (Å²) >= 11 is 6.47. The molecule has 0 fully saturated rings. The fourth-order valence-corrected chi connectivity index (χ4v) is 4.78. The minimum Gasteiger partial charge on any atom is -0.466 e. The Hall–Kier alpha value is -3.95. The average molecular weight is 525 g/mol. The van der Waals surface area contributed by atoms with Crippen molar-refractivity contribution in [3.05, 3.63) is 92.8 Å². The number of nitrogens with zero attached hydrogens (tertiary/aromatic N) is 1. The van der Waals surface area contributed by atoms with Crippen LogP contribution in [0.25, 0.3) is 0 Å². The molecular formula is C27H25ClN2O7. The highest BCUT2D eigenvalue weighted by Crippen LogP contribution is 2.41. The molecule has 0 saturated heterocycles. The number of fused-ring (bicyclic) bond motifs is 1. The number of hydrogen-bond acceptors (Lipinski definition) is 8. The first-order chi connectivity index (χ1) is 17.8. The number of dihydropyridines is 1. The Balaban J connectivity index is 1.59. The summed E-state index contributed by atoms with van der Waals surface area (Å²) in [5, 5.41) is 3.43. The van der Waals surface area contributed by atoms with Crippen LogP contribution in [0.3, 0.4) is 0 Å². The van der Waals surface area contributed by atoms with Gasteiger partial charge in [-0.25, -0.2) is 9.59 Å². The predicted molar refractivity (Wildman–Crippen MR) is 134 cm³/mol. The number of carbonyl (C=O) groups excluding carboxylic acids is 4. The number of benzene rings is 2. The molecule has 0 bridgehead atoms. The molecule has 37 heavy (non-hydrogen) atoms. The van der Waals surface area contributed by atoms with Gasteiger partial charge in [0.1, 0.15) is 0 Å². The van der Waals surface area contributed by atoms with Crippen LogP contribution in [-0.2, 0) is 23.8 Å². The minimum atomic E-state index is -0.871. The van der Waals surface area contributed by atoms with Crippen molar-refractivity contribution in [3.63, 3.8) is 0 Å². The molecule has 1 atom stereocenters. The van der Waals surface area contributed by atoms with Crippen molar-refractivity contribution in [2.45, 2.75) is 12.8 Å². The Morgan fingerprint density at radius 1 is 0.919 bits per heavy atom. The van der Waals surface area contributed by atoms with Crippen LogP contribution in [0.15, 0.2) is 71.1 Å². The van der Waals surface area contributed by atoms with Crippen LogP contribution >= 0.6 is 11.6 Å². The summed E-state index contributed by atoms with van der Waals surface area (Å²) in [6.07, 6.45) is 0. The summed E-state index contributed by atoms with van der Waals surface area (Å²) in [6, 6.07) is 13.5. The van der Waals surface area contributed by atoms with Gasteiger partial charge in [-0.15, -0.1) is 0 Å². The molecule has 4 rings (SSSR count). The largest absolute Gasteiger partial charge is 0.466 e. The van der Waals surface area contributed by atoms with Gasteiger partial charge in [-0.1, -0.05) is 41.9 Å². The van der Waals surface area contributed by atoms with Gasteiger partial charge in [0.2, 0.25) is 0 Å². The van der Waals surface area contributed by atoms with Crippen LogP contribution in [0, 0.1) is 0 Å². The fourth-order valence-electron chi connectivity index (χ4n) is 4.53. The number of amides is 2. The number of methoxy groups -OCH3 is 2. The molecule has 2 amide bonds. The number of halogens is 1. The van der Waals surface area contributed by atoms with Gasteiger partial charge >= 0.3 is 11.9 Å². The number of hydrogen-bond donors (Lipinski definition) is 1. The van der Waals surface area contributed by atoms with E-state index >= 15 is 0 Å². The van der Waals surface area contributed by atoms with Crippen molar-refractivity contribution in [3.8, 4) is 0 Å². The first-order valence-corrected chi connectivity index (χ1v) is 11.8. The third kappa shape index (κ3) is 4.87. The summed E-state index contributed by atoms with van der Waals surface area (Å²) in [7, 11) is 2.49. The van der Waals surface area contributed by atoms with Crippen LogP contribution < -0.4 is 5.32 Å². The van der Waals surface area contributed by atoms with Crippen molar-refractivity contribution in [2.75, 3.05) is 34.0 Å². The molecule has 10 heteroatoms. The molecule has 0 unspecified atom stereocenters. The molecular weight excluding hydrogens is 500 g/mol. The monoisotopic (exact) mass is 524 g/mol. The minimum absolute atomic E-state index is 0.0223. The molecule has 1 N–H and O–H groups in total. The lowest BCUT2D eigenvalue weighted by atomic mass is 9.80. The first-order valence-electron chi connectivity index (χ1n) is 11.4. The Bertz CT molecular complexity index is 1310. The van der Waals surface area contributed by atoms with Crippen LogP contribution in [-0.4, -0.2) is 62.6 Å². The van der Waals surface area contributed by atoms with Crippen LogP contribution in [0.2, 0.25) is 5.02 Å². The van der Waals surface area contributed by atoms with Crippen molar-refractivity contribution < 1.29 is 33.4 Å². The van der Waals surface area contributed by atoms with Gasteiger partial charge in [-0.3, -0.25) is 14.5 Å². The van der Waals surface area contributed by atoms with E-state index in [1.807, 2.05) is 0 Å². The summed E-state index contributed by atoms with van der Waals surface area (Å²) < 4.78 is 15.8. The van der Waals surface area contributed by atoms with E-state index in [0.717, 1.165) is 4.90 Å². The van der Waals surface area contributed by atoms with Crippen LogP contribution in [0.1, 0.15) is 39.1 Å². The molecule has 0 aliphatic carbocycles. The Morgan fingerprint density at radius 2 is 1.49 bits per heavy atom. The Labute approximate surface area is 218 Å². The molecule has 2 heterocycles. The van der Waals surface area contributed by atoms with Gasteiger partial charge in [0.25, 0.3) is 11.8 Å². The lowest BCUT2D eigenvalue weighted by Gasteiger charge is -2.31. The quantitative estimate of drug-likeness (QED) is 0.318. The Kier molecular flexibility index (Phi) is 7.75. The SMILES string of the molecule is COC(=O)C1=C(C)NC(COCCN2C(=O)c3ccccc3C2=O)=C(C(=O)OC)[C@@H]1c1ccccc1Cl. The molecule has 0 aromatic heterocycles. The van der Waals surface area contributed by atoms with Crippen molar-refractivity contribution >= 4 is 35.4 Å². The van der Waals surface area contributed by atoms with E-state index < -0.39 is 17.9 Å². The van der Waals surface area contributed by atoms with Crippen LogP contribution in [0.5, 0.6) is 0 Å². The number of imide groups is 1. The number of esters is 2. The Morgan fingerprint density at radius 3 is 2.08 bits per heavy atom. The van der Waals surface area contributed by atoms with E-state index in [-0.39, 0.29) is 42.7 Å². The number of nitrogens with one attached hydrogen (secondary N) is 1. The van der Waals surface area contributed by atoms with E-state index in [1.54, 1.807) is 55.5 Å². The fraction of sp³-hybridized carbons (Fsp3) is 0.259. The maximum absolute atomic E-state index is 13.0. The number of ether oxygens (including phenoxy) is 3. The summed E-state index contributed by atoms with van der Waals surface area (Å²) in [5.74, 6) is -2.93. The second-order valence-corrected chi connectivity index (χ2v) is 8.76. The zero-order chi connectivity index (χ0) is 26.7. The first kappa shape index (κ1) is 26.1. The molecule has 2 aromatic rings. The summed E-state index contributed by atoms with van der Waals surface area (Å²) in [6.45, 7) is 1.65. The molecule has 2 aliphatic rings. The van der Waals surface area contributed by atoms with Crippen LogP contribution in [0.4, 0.5) is 0 Å². The van der Waals surface area contributed by atoms with E-state index in [0.29, 0.717) is 33.1 Å². The van der Waals surface area contributed by atoms with E-state index in [4.69, 9.17) is 25.8 Å². The van der Waals surface area contributed by atoms with E-state index in [9.17, 15) is 19.2 Å². The average Bonchev–Trinajstić information content (AvgIpc) is 3.15. The molecule has 192 valence electrons. The second kappa shape index (κ2) is 11.0. The third-order valence-electron chi connectivity index (χ3n) is 6.26. The highest BCUT2D eigenvalue weighted by molar-refractivity contribution is 6.31. The topological polar surface area (TPSA) is 111 Å². The summed E-state index contributed by atoms with van der Waals surface area (Å²) in [4.78, 5) is 52.1. The van der Waals surface area contributed by atoms with Gasteiger partial charge < -0.3 is 19.5 Å². The normalized spacial score (nSPS) is 17.1. The molecule has 0 radical (unpaired) electrons. The summed E-state index contributed by atoms with van der Waals surface area (Å²) in [5.41, 5.74) is 2.42. The van der Waals surface area contributed by atoms with Gasteiger partial charge in [0, 0.05) is 10.7 Å². The molecule has 0 saturated carbocycles. The third-order valence-corrected chi connectivity index (χ3v) is 6.60. The predicted octanol–water partition coefficient (Wildman–Crippen LogP) is 3.21. The highest BCUT2D eigenvalue weighted by atomic mass is 35.5. The molecule has 2 aromatic carbocycles. The van der Waals surface area contributed by atoms with E-state index in [2.05, 4.69) is 5.32 Å². The van der Waals surface area contributed by atoms with Gasteiger partial charge in [0.05, 0.1) is 67.9 Å². The molecule has 9 nitrogen and oxygen atoms in total. The maximum Gasteiger partial charge on any atom is 0.336 e. The zero-order valence-electron chi connectivity index (χ0n) is 20.5. The van der Waals surface area contributed by atoms with Crippen molar-refractivity contribution in [2.24, 2.45) is 0 Å². The smallest absolute Gasteiger partial charge is 0.336 e. The van der Waals surface area contributed by atoms with Crippen molar-refractivity contribution in [1.29, 1.82) is 0 Å². The number of allylic oxidation sites excluding steroid dienone is 1. The molecule has 0 spiro atoms. The lowest BCUT2D eigenvalue weighted by Crippen LogP contribution is -2.36. The van der Waals surface area contributed by atoms with E-state index in [1.165, 1.54) is 14.2 Å².